The SMILES string of the molecule is Cc1ccc(CNC(=O)N2CCCN(c3nc(C)ns3)CC2)cn1. The summed E-state index contributed by atoms with van der Waals surface area (Å²) in [6.45, 7) is 7.49. The van der Waals surface area contributed by atoms with Crippen molar-refractivity contribution in [2.24, 2.45) is 0 Å². The van der Waals surface area contributed by atoms with Gasteiger partial charge in [0.15, 0.2) is 0 Å². The molecule has 2 amide bonds. The number of aryl methyl sites for hydroxylation is 2. The van der Waals surface area contributed by atoms with Crippen LogP contribution in [-0.2, 0) is 6.54 Å². The van der Waals surface area contributed by atoms with Gasteiger partial charge in [0, 0.05) is 56.1 Å². The van der Waals surface area contributed by atoms with E-state index in [1.807, 2.05) is 30.9 Å². The average molecular weight is 346 g/mol. The standard InChI is InChI=1S/C16H22N6OS/c1-12-4-5-14(10-17-12)11-18-15(23)21-6-3-7-22(9-8-21)16-19-13(2)20-24-16/h4-5,10H,3,6-9,11H2,1-2H3,(H,18,23). The van der Waals surface area contributed by atoms with Crippen molar-refractivity contribution in [1.82, 2.24) is 24.6 Å². The molecule has 128 valence electrons. The quantitative estimate of drug-likeness (QED) is 0.920. The molecule has 1 aliphatic rings. The van der Waals surface area contributed by atoms with Gasteiger partial charge in [-0.2, -0.15) is 4.37 Å². The molecule has 0 radical (unpaired) electrons. The summed E-state index contributed by atoms with van der Waals surface area (Å²) in [6, 6.07) is 3.92. The summed E-state index contributed by atoms with van der Waals surface area (Å²) in [5, 5.41) is 3.92. The number of anilines is 1. The molecular weight excluding hydrogens is 324 g/mol. The summed E-state index contributed by atoms with van der Waals surface area (Å²) >= 11 is 1.42. The minimum Gasteiger partial charge on any atom is -0.345 e. The molecule has 0 spiro atoms. The molecule has 7 nitrogen and oxygen atoms in total. The number of carbonyl (C=O) groups excluding carboxylic acids is 1. The van der Waals surface area contributed by atoms with Crippen LogP contribution in [0.1, 0.15) is 23.5 Å². The Morgan fingerprint density at radius 1 is 1.25 bits per heavy atom. The number of hydrogen-bond donors (Lipinski definition) is 1. The Labute approximate surface area is 145 Å². The van der Waals surface area contributed by atoms with Crippen LogP contribution in [-0.4, -0.2) is 51.5 Å². The molecule has 2 aromatic heterocycles. The van der Waals surface area contributed by atoms with Crippen molar-refractivity contribution in [2.75, 3.05) is 31.1 Å². The molecule has 1 N–H and O–H groups in total. The van der Waals surface area contributed by atoms with Gasteiger partial charge in [-0.15, -0.1) is 0 Å². The van der Waals surface area contributed by atoms with Crippen LogP contribution in [0.25, 0.3) is 0 Å². The van der Waals surface area contributed by atoms with Gasteiger partial charge in [0.05, 0.1) is 0 Å². The Morgan fingerprint density at radius 3 is 2.83 bits per heavy atom. The first-order valence-corrected chi connectivity index (χ1v) is 8.89. The third-order valence-electron chi connectivity index (χ3n) is 3.99. The summed E-state index contributed by atoms with van der Waals surface area (Å²) in [6.07, 6.45) is 2.73. The van der Waals surface area contributed by atoms with Crippen molar-refractivity contribution in [2.45, 2.75) is 26.8 Å². The molecule has 0 bridgehead atoms. The van der Waals surface area contributed by atoms with E-state index in [0.29, 0.717) is 13.1 Å². The first-order valence-electron chi connectivity index (χ1n) is 8.11. The summed E-state index contributed by atoms with van der Waals surface area (Å²) in [5.41, 5.74) is 1.99. The molecule has 2 aromatic rings. The lowest BCUT2D eigenvalue weighted by Gasteiger charge is -2.21. The molecule has 0 unspecified atom stereocenters. The topological polar surface area (TPSA) is 74.2 Å². The van der Waals surface area contributed by atoms with E-state index in [1.165, 1.54) is 11.5 Å². The highest BCUT2D eigenvalue weighted by molar-refractivity contribution is 7.09. The normalized spacial score (nSPS) is 15.2. The number of amides is 2. The highest BCUT2D eigenvalue weighted by Crippen LogP contribution is 2.18. The second-order valence-electron chi connectivity index (χ2n) is 5.92. The Kier molecular flexibility index (Phi) is 5.24. The summed E-state index contributed by atoms with van der Waals surface area (Å²) in [5.74, 6) is 0.806. The van der Waals surface area contributed by atoms with Gasteiger partial charge in [-0.05, 0) is 31.9 Å². The third kappa shape index (κ3) is 4.19. The lowest BCUT2D eigenvalue weighted by atomic mass is 10.2. The largest absolute Gasteiger partial charge is 0.345 e. The van der Waals surface area contributed by atoms with Crippen LogP contribution in [0.4, 0.5) is 9.93 Å². The first-order chi connectivity index (χ1) is 11.6. The summed E-state index contributed by atoms with van der Waals surface area (Å²) in [7, 11) is 0. The average Bonchev–Trinajstić information content (AvgIpc) is 2.86. The predicted octanol–water partition coefficient (Wildman–Crippen LogP) is 1.97. The van der Waals surface area contributed by atoms with E-state index in [0.717, 1.165) is 48.3 Å². The molecule has 0 atom stereocenters. The van der Waals surface area contributed by atoms with Gasteiger partial charge in [-0.3, -0.25) is 4.98 Å². The lowest BCUT2D eigenvalue weighted by Crippen LogP contribution is -2.41. The van der Waals surface area contributed by atoms with E-state index in [1.54, 1.807) is 6.20 Å². The number of carbonyl (C=O) groups is 1. The van der Waals surface area contributed by atoms with Gasteiger partial charge in [-0.1, -0.05) is 6.07 Å². The second-order valence-corrected chi connectivity index (χ2v) is 6.65. The maximum absolute atomic E-state index is 12.4. The van der Waals surface area contributed by atoms with E-state index in [4.69, 9.17) is 0 Å². The Morgan fingerprint density at radius 2 is 2.12 bits per heavy atom. The number of nitrogens with one attached hydrogen (secondary N) is 1. The lowest BCUT2D eigenvalue weighted by molar-refractivity contribution is 0.201. The first kappa shape index (κ1) is 16.6. The summed E-state index contributed by atoms with van der Waals surface area (Å²) < 4.78 is 4.24. The molecule has 24 heavy (non-hydrogen) atoms. The molecule has 1 fully saturated rings. The molecule has 3 rings (SSSR count). The second kappa shape index (κ2) is 7.57. The fourth-order valence-electron chi connectivity index (χ4n) is 2.62. The van der Waals surface area contributed by atoms with Crippen LogP contribution in [0.3, 0.4) is 0 Å². The molecule has 1 aliphatic heterocycles. The number of nitrogens with zero attached hydrogens (tertiary/aromatic N) is 5. The molecule has 0 aromatic carbocycles. The van der Waals surface area contributed by atoms with E-state index >= 15 is 0 Å². The maximum Gasteiger partial charge on any atom is 0.317 e. The van der Waals surface area contributed by atoms with Crippen molar-refractivity contribution in [3.63, 3.8) is 0 Å². The number of rotatable bonds is 3. The van der Waals surface area contributed by atoms with Gasteiger partial charge in [-0.25, -0.2) is 9.78 Å². The fraction of sp³-hybridized carbons (Fsp3) is 0.500. The van der Waals surface area contributed by atoms with E-state index in [2.05, 4.69) is 24.6 Å². The number of hydrogen-bond acceptors (Lipinski definition) is 6. The van der Waals surface area contributed by atoms with Crippen molar-refractivity contribution >= 4 is 22.7 Å². The van der Waals surface area contributed by atoms with Crippen molar-refractivity contribution < 1.29 is 4.79 Å². The maximum atomic E-state index is 12.4. The molecule has 8 heteroatoms. The van der Waals surface area contributed by atoms with Gasteiger partial charge in [0.2, 0.25) is 5.13 Å². The van der Waals surface area contributed by atoms with Crippen LogP contribution in [0, 0.1) is 13.8 Å². The Hall–Kier alpha value is -2.22. The monoisotopic (exact) mass is 346 g/mol. The van der Waals surface area contributed by atoms with E-state index in [-0.39, 0.29) is 6.03 Å². The highest BCUT2D eigenvalue weighted by Gasteiger charge is 2.20. The molecular formula is C16H22N6OS. The fourth-order valence-corrected chi connectivity index (χ4v) is 3.34. The zero-order chi connectivity index (χ0) is 16.9. The molecule has 0 saturated carbocycles. The molecule has 0 aliphatic carbocycles. The third-order valence-corrected chi connectivity index (χ3v) is 4.86. The van der Waals surface area contributed by atoms with E-state index in [9.17, 15) is 4.79 Å². The van der Waals surface area contributed by atoms with Gasteiger partial charge < -0.3 is 15.1 Å². The zero-order valence-electron chi connectivity index (χ0n) is 14.0. The molecule has 1 saturated heterocycles. The molecule has 3 heterocycles. The van der Waals surface area contributed by atoms with Gasteiger partial charge >= 0.3 is 6.03 Å². The van der Waals surface area contributed by atoms with Gasteiger partial charge in [0.1, 0.15) is 5.82 Å². The highest BCUT2D eigenvalue weighted by atomic mass is 32.1. The van der Waals surface area contributed by atoms with Crippen LogP contribution in [0.15, 0.2) is 18.3 Å². The predicted molar refractivity (Wildman–Crippen MR) is 94.3 cm³/mol. The van der Waals surface area contributed by atoms with Gasteiger partial charge in [0.25, 0.3) is 0 Å². The smallest absolute Gasteiger partial charge is 0.317 e. The van der Waals surface area contributed by atoms with Crippen molar-refractivity contribution in [1.29, 1.82) is 0 Å². The minimum atomic E-state index is -0.0223. The van der Waals surface area contributed by atoms with Crippen LogP contribution < -0.4 is 10.2 Å². The number of pyridine rings is 1. The van der Waals surface area contributed by atoms with Crippen LogP contribution in [0.5, 0.6) is 0 Å². The minimum absolute atomic E-state index is 0.0223. The van der Waals surface area contributed by atoms with Crippen LogP contribution >= 0.6 is 11.5 Å². The van der Waals surface area contributed by atoms with Crippen molar-refractivity contribution in [3.8, 4) is 0 Å². The summed E-state index contributed by atoms with van der Waals surface area (Å²) in [4.78, 5) is 25.2. The van der Waals surface area contributed by atoms with E-state index < -0.39 is 0 Å². The number of aromatic nitrogens is 3. The number of urea groups is 1. The van der Waals surface area contributed by atoms with Crippen molar-refractivity contribution in [3.05, 3.63) is 35.4 Å². The zero-order valence-corrected chi connectivity index (χ0v) is 14.8. The Balaban J connectivity index is 1.51. The van der Waals surface area contributed by atoms with Crippen LogP contribution in [0.2, 0.25) is 0 Å². The Bertz CT molecular complexity index is 686.